The van der Waals surface area contributed by atoms with Gasteiger partial charge < -0.3 is 117 Å². The number of nitrogens with one attached hydrogen (secondary N) is 4. The minimum atomic E-state index is -2.42. The molecule has 4 amide bonds. The number of hydrogen-bond donors (Lipinski definition) is 19. The molecule has 0 aliphatic carbocycles. The number of aliphatic hydroxyl groups excluding tert-OH is 15. The van der Waals surface area contributed by atoms with Crippen molar-refractivity contribution in [3.05, 3.63) is 0 Å². The molecule has 89 heavy (non-hydrogen) atoms. The third kappa shape index (κ3) is 30.6. The second-order valence-corrected chi connectivity index (χ2v) is 23.6. The van der Waals surface area contributed by atoms with Crippen molar-refractivity contribution < 1.29 is 120 Å². The van der Waals surface area contributed by atoms with Crippen molar-refractivity contribution in [1.82, 2.24) is 26.2 Å². The minimum absolute atomic E-state index is 0.0697. The SMILES string of the molecule is CCCCCCCCCCCCCC(=O)NCC(C(=O)CCCCCCCCCCCCC)C(=O)NCCN(CCNC(=O)C(O)C(O)C(O[C@@H]1O[C@H](CO)[C@H](O)[C@H](O)[C@H]1O)C(O)CO)CCNC(=O)C(O)C(O[C@@H]1O[C@H](CO)[C@H](O)[C@H](O)[C@H]1O)C(O)CO. The van der Waals surface area contributed by atoms with Crippen LogP contribution in [0.1, 0.15) is 168 Å². The lowest BCUT2D eigenvalue weighted by molar-refractivity contribution is -0.326. The highest BCUT2D eigenvalue weighted by atomic mass is 16.7. The smallest absolute Gasteiger partial charge is 0.251 e. The van der Waals surface area contributed by atoms with Crippen molar-refractivity contribution in [2.24, 2.45) is 5.92 Å². The summed E-state index contributed by atoms with van der Waals surface area (Å²) in [6, 6.07) is 0. The van der Waals surface area contributed by atoms with E-state index in [9.17, 15) is 101 Å². The zero-order valence-electron chi connectivity index (χ0n) is 52.5. The highest BCUT2D eigenvalue weighted by Crippen LogP contribution is 2.27. The van der Waals surface area contributed by atoms with Gasteiger partial charge in [0.2, 0.25) is 11.8 Å². The van der Waals surface area contributed by atoms with E-state index < -0.39 is 154 Å². The van der Waals surface area contributed by atoms with E-state index in [2.05, 4.69) is 35.1 Å². The molecule has 2 heterocycles. The minimum Gasteiger partial charge on any atom is -0.394 e. The number of hydrogen-bond acceptors (Lipinski definition) is 25. The van der Waals surface area contributed by atoms with Gasteiger partial charge in [0.25, 0.3) is 11.8 Å². The van der Waals surface area contributed by atoms with Crippen molar-refractivity contribution >= 4 is 29.4 Å². The van der Waals surface area contributed by atoms with Gasteiger partial charge >= 0.3 is 0 Å². The third-order valence-corrected chi connectivity index (χ3v) is 16.3. The molecule has 29 heteroatoms. The van der Waals surface area contributed by atoms with E-state index in [1.54, 1.807) is 4.90 Å². The predicted octanol–water partition coefficient (Wildman–Crippen LogP) is -3.50. The second-order valence-electron chi connectivity index (χ2n) is 23.6. The molecule has 2 rings (SSSR count). The summed E-state index contributed by atoms with van der Waals surface area (Å²) in [7, 11) is 0. The van der Waals surface area contributed by atoms with E-state index >= 15 is 0 Å². The van der Waals surface area contributed by atoms with Gasteiger partial charge in [-0.2, -0.15) is 0 Å². The highest BCUT2D eigenvalue weighted by Gasteiger charge is 2.49. The van der Waals surface area contributed by atoms with Gasteiger partial charge in [-0.3, -0.25) is 28.9 Å². The molecule has 29 nitrogen and oxygen atoms in total. The maximum absolute atomic E-state index is 14.0. The lowest BCUT2D eigenvalue weighted by atomic mass is 9.97. The Balaban J connectivity index is 2.25. The van der Waals surface area contributed by atoms with Crippen LogP contribution in [-0.4, -0.2) is 287 Å². The molecule has 18 atom stereocenters. The maximum atomic E-state index is 14.0. The van der Waals surface area contributed by atoms with Crippen LogP contribution in [0.2, 0.25) is 0 Å². The fourth-order valence-electron chi connectivity index (χ4n) is 10.6. The highest BCUT2D eigenvalue weighted by molar-refractivity contribution is 6.02. The van der Waals surface area contributed by atoms with Crippen LogP contribution in [0.3, 0.4) is 0 Å². The molecule has 522 valence electrons. The zero-order chi connectivity index (χ0) is 66.3. The average Bonchev–Trinajstić information content (AvgIpc) is 1.42. The summed E-state index contributed by atoms with van der Waals surface area (Å²) < 4.78 is 21.4. The van der Waals surface area contributed by atoms with Gasteiger partial charge in [0.05, 0.1) is 26.4 Å². The number of rotatable bonds is 52. The van der Waals surface area contributed by atoms with Crippen molar-refractivity contribution in [3.8, 4) is 0 Å². The van der Waals surface area contributed by atoms with Crippen LogP contribution >= 0.6 is 0 Å². The van der Waals surface area contributed by atoms with Gasteiger partial charge in [-0.15, -0.1) is 0 Å². The van der Waals surface area contributed by atoms with Crippen LogP contribution < -0.4 is 21.3 Å². The Morgan fingerprint density at radius 2 is 0.798 bits per heavy atom. The fourth-order valence-corrected chi connectivity index (χ4v) is 10.6. The second kappa shape index (κ2) is 47.6. The van der Waals surface area contributed by atoms with Crippen LogP contribution in [0, 0.1) is 5.92 Å². The van der Waals surface area contributed by atoms with Gasteiger partial charge in [-0.25, -0.2) is 0 Å². The standard InChI is InChI=1S/C60H113N5O24/c1-3-5-7-9-11-13-15-17-19-21-23-25-39(70)38(33-64-44(73)26-24-22-20-18-16-14-12-10-8-6-4-2)56(83)61-27-30-65(32-29-63-58(85)53(82)55(41(72)35-67)89-60-52(81)48(77)46(75)43(37-69)87-60)31-28-62-57(84)50(79)49(78)54(40(71)34-66)88-59-51(80)47(76)45(74)42(36-68)86-59/h38,40-43,45-55,59-60,66-69,71-72,74-82H,3-37H2,1-2H3,(H,61,83)(H,62,84)(H,63,85)(H,64,73)/t38?,40?,41?,42-,43-,45+,46+,47+,48+,49?,50?,51-,52-,53?,54?,55?,59+,60+/m1/s1. The van der Waals surface area contributed by atoms with E-state index in [1.165, 1.54) is 70.6 Å². The van der Waals surface area contributed by atoms with Gasteiger partial charge in [-0.1, -0.05) is 142 Å². The molecule has 0 spiro atoms. The van der Waals surface area contributed by atoms with Gasteiger partial charge in [0, 0.05) is 58.7 Å². The quantitative estimate of drug-likeness (QED) is 0.0208. The summed E-state index contributed by atoms with van der Waals surface area (Å²) in [5.74, 6) is -5.05. The molecule has 2 fully saturated rings. The Kier molecular flexibility index (Phi) is 43.8. The first kappa shape index (κ1) is 81.8. The van der Waals surface area contributed by atoms with E-state index in [-0.39, 0.29) is 70.3 Å². The van der Waals surface area contributed by atoms with E-state index in [4.69, 9.17) is 18.9 Å². The van der Waals surface area contributed by atoms with Crippen LogP contribution in [-0.2, 0) is 42.9 Å². The van der Waals surface area contributed by atoms with Crippen molar-refractivity contribution in [1.29, 1.82) is 0 Å². The van der Waals surface area contributed by atoms with E-state index in [0.717, 1.165) is 57.8 Å². The molecule has 0 radical (unpaired) electrons. The zero-order valence-corrected chi connectivity index (χ0v) is 52.5. The largest absolute Gasteiger partial charge is 0.394 e. The Labute approximate surface area is 523 Å². The number of ketones is 1. The number of ether oxygens (including phenoxy) is 4. The predicted molar refractivity (Wildman–Crippen MR) is 321 cm³/mol. The van der Waals surface area contributed by atoms with Crippen LogP contribution in [0.4, 0.5) is 0 Å². The molecule has 2 saturated heterocycles. The van der Waals surface area contributed by atoms with Crippen LogP contribution in [0.15, 0.2) is 0 Å². The topological polar surface area (TPSA) is 477 Å². The van der Waals surface area contributed by atoms with Crippen molar-refractivity contribution in [3.63, 3.8) is 0 Å². The van der Waals surface area contributed by atoms with Crippen molar-refractivity contribution in [2.75, 3.05) is 72.2 Å². The first-order chi connectivity index (χ1) is 42.6. The summed E-state index contributed by atoms with van der Waals surface area (Å²) in [6.07, 6.45) is -9.66. The lowest BCUT2D eigenvalue weighted by Gasteiger charge is -2.42. The Morgan fingerprint density at radius 3 is 1.20 bits per heavy atom. The summed E-state index contributed by atoms with van der Waals surface area (Å²) in [5.41, 5.74) is 0. The molecule has 2 aliphatic rings. The molecule has 19 N–H and O–H groups in total. The number of aliphatic hydroxyl groups is 15. The number of unbranched alkanes of at least 4 members (excludes halogenated alkanes) is 20. The summed E-state index contributed by atoms with van der Waals surface area (Å²) in [5, 5.41) is 165. The van der Waals surface area contributed by atoms with E-state index in [0.29, 0.717) is 12.8 Å². The average molecular weight is 1290 g/mol. The molecule has 0 aromatic heterocycles. The number of nitrogens with zero attached hydrogens (tertiary/aromatic N) is 1. The van der Waals surface area contributed by atoms with Gasteiger partial charge in [0.1, 0.15) is 91.1 Å². The van der Waals surface area contributed by atoms with Crippen molar-refractivity contribution in [2.45, 2.75) is 272 Å². The molecular formula is C60H113N5O24. The Hall–Kier alpha value is -3.25. The molecule has 0 saturated carbocycles. The van der Waals surface area contributed by atoms with Crippen LogP contribution in [0.25, 0.3) is 0 Å². The number of Topliss-reactive ketones (excluding diaryl/α,β-unsaturated/α-hetero) is 1. The lowest BCUT2D eigenvalue weighted by Crippen LogP contribution is -2.62. The maximum Gasteiger partial charge on any atom is 0.251 e. The van der Waals surface area contributed by atoms with Gasteiger partial charge in [-0.05, 0) is 12.8 Å². The summed E-state index contributed by atoms with van der Waals surface area (Å²) in [6.45, 7) is -1.03. The molecule has 8 unspecified atom stereocenters. The summed E-state index contributed by atoms with van der Waals surface area (Å²) >= 11 is 0. The normalized spacial score (nSPS) is 24.9. The molecular weight excluding hydrogens is 1170 g/mol. The fraction of sp³-hybridized carbons (Fsp3) is 0.917. The number of carbonyl (C=O) groups is 5. The Morgan fingerprint density at radius 1 is 0.438 bits per heavy atom. The molecule has 0 aromatic carbocycles. The monoisotopic (exact) mass is 1290 g/mol. The first-order valence-electron chi connectivity index (χ1n) is 32.5. The van der Waals surface area contributed by atoms with Crippen LogP contribution in [0.5, 0.6) is 0 Å². The van der Waals surface area contributed by atoms with E-state index in [1.807, 2.05) is 0 Å². The molecule has 0 aromatic rings. The number of amides is 4. The summed E-state index contributed by atoms with van der Waals surface area (Å²) in [4.78, 5) is 69.1. The third-order valence-electron chi connectivity index (χ3n) is 16.3. The van der Waals surface area contributed by atoms with Gasteiger partial charge in [0.15, 0.2) is 24.8 Å². The molecule has 0 bridgehead atoms. The molecule has 2 aliphatic heterocycles. The Bertz CT molecular complexity index is 1900. The first-order valence-corrected chi connectivity index (χ1v) is 32.5. The number of carbonyl (C=O) groups excluding carboxylic acids is 5.